The van der Waals surface area contributed by atoms with Gasteiger partial charge in [-0.25, -0.2) is 4.39 Å². The number of hydrogen-bond donors (Lipinski definition) is 1. The molecule has 3 aromatic carbocycles. The van der Waals surface area contributed by atoms with Crippen molar-refractivity contribution in [2.75, 3.05) is 13.2 Å². The SMILES string of the molecule is Cc1cc(OCC(=O)N(Cc2ccccc2F)[C@@H](Cc2ccccc2)C(=O)NCC(C)C)ccc1Br. The summed E-state index contributed by atoms with van der Waals surface area (Å²) in [5.74, 6) is -0.332. The zero-order valence-electron chi connectivity index (χ0n) is 20.8. The normalized spacial score (nSPS) is 11.7. The third-order valence-corrected chi connectivity index (χ3v) is 6.64. The van der Waals surface area contributed by atoms with Gasteiger partial charge in [0.05, 0.1) is 0 Å². The minimum atomic E-state index is -0.839. The van der Waals surface area contributed by atoms with E-state index < -0.39 is 17.8 Å². The predicted molar refractivity (Wildman–Crippen MR) is 143 cm³/mol. The first-order valence-electron chi connectivity index (χ1n) is 12.0. The van der Waals surface area contributed by atoms with Gasteiger partial charge in [-0.15, -0.1) is 0 Å². The highest BCUT2D eigenvalue weighted by Gasteiger charge is 2.31. The number of benzene rings is 3. The van der Waals surface area contributed by atoms with Crippen LogP contribution in [0, 0.1) is 18.7 Å². The molecule has 0 aliphatic heterocycles. The largest absolute Gasteiger partial charge is 0.484 e. The summed E-state index contributed by atoms with van der Waals surface area (Å²) in [7, 11) is 0. The third-order valence-electron chi connectivity index (χ3n) is 5.75. The van der Waals surface area contributed by atoms with E-state index >= 15 is 0 Å². The van der Waals surface area contributed by atoms with Crippen LogP contribution in [0.15, 0.2) is 77.3 Å². The molecule has 0 aromatic heterocycles. The fourth-order valence-electron chi connectivity index (χ4n) is 3.72. The molecule has 1 atom stereocenters. The van der Waals surface area contributed by atoms with Gasteiger partial charge in [0.1, 0.15) is 17.6 Å². The minimum Gasteiger partial charge on any atom is -0.484 e. The molecule has 0 saturated carbocycles. The first-order chi connectivity index (χ1) is 17.2. The van der Waals surface area contributed by atoms with Gasteiger partial charge >= 0.3 is 0 Å². The van der Waals surface area contributed by atoms with Crippen LogP contribution in [0.5, 0.6) is 5.75 Å². The fourth-order valence-corrected chi connectivity index (χ4v) is 3.97. The van der Waals surface area contributed by atoms with Crippen molar-refractivity contribution in [2.45, 2.75) is 39.8 Å². The van der Waals surface area contributed by atoms with Gasteiger partial charge in [0.25, 0.3) is 5.91 Å². The van der Waals surface area contributed by atoms with Crippen molar-refractivity contribution in [3.63, 3.8) is 0 Å². The number of nitrogens with zero attached hydrogens (tertiary/aromatic N) is 1. The molecular formula is C29H32BrFN2O3. The summed E-state index contributed by atoms with van der Waals surface area (Å²) >= 11 is 3.46. The van der Waals surface area contributed by atoms with Crippen molar-refractivity contribution in [1.29, 1.82) is 0 Å². The molecule has 0 heterocycles. The lowest BCUT2D eigenvalue weighted by Gasteiger charge is -2.31. The Bertz CT molecular complexity index is 1170. The zero-order chi connectivity index (χ0) is 26.1. The number of aryl methyl sites for hydroxylation is 1. The lowest BCUT2D eigenvalue weighted by molar-refractivity contribution is -0.142. The fraction of sp³-hybridized carbons (Fsp3) is 0.310. The molecule has 0 aliphatic rings. The van der Waals surface area contributed by atoms with Gasteiger partial charge in [0, 0.05) is 29.5 Å². The number of carbonyl (C=O) groups excluding carboxylic acids is 2. The first kappa shape index (κ1) is 27.4. The van der Waals surface area contributed by atoms with Crippen LogP contribution in [0.25, 0.3) is 0 Å². The van der Waals surface area contributed by atoms with Crippen LogP contribution >= 0.6 is 15.9 Å². The third kappa shape index (κ3) is 7.92. The molecule has 36 heavy (non-hydrogen) atoms. The van der Waals surface area contributed by atoms with E-state index in [9.17, 15) is 14.0 Å². The van der Waals surface area contributed by atoms with Gasteiger partial charge in [-0.1, -0.05) is 78.3 Å². The standard InChI is InChI=1S/C29H32BrFN2O3/c1-20(2)17-32-29(35)27(16-22-9-5-4-6-10-22)33(18-23-11-7-8-12-26(23)31)28(34)19-36-24-13-14-25(30)21(3)15-24/h4-15,20,27H,16-19H2,1-3H3,(H,32,35)/t27-/m0/s1. The average molecular weight is 555 g/mol. The molecule has 3 aromatic rings. The van der Waals surface area contributed by atoms with Crippen LogP contribution in [0.2, 0.25) is 0 Å². The van der Waals surface area contributed by atoms with Crippen LogP contribution < -0.4 is 10.1 Å². The summed E-state index contributed by atoms with van der Waals surface area (Å²) in [5, 5.41) is 2.95. The van der Waals surface area contributed by atoms with E-state index in [0.29, 0.717) is 24.3 Å². The average Bonchev–Trinajstić information content (AvgIpc) is 2.86. The van der Waals surface area contributed by atoms with Crippen molar-refractivity contribution >= 4 is 27.7 Å². The number of halogens is 2. The minimum absolute atomic E-state index is 0.0547. The smallest absolute Gasteiger partial charge is 0.261 e. The molecule has 7 heteroatoms. The van der Waals surface area contributed by atoms with E-state index in [1.54, 1.807) is 24.3 Å². The van der Waals surface area contributed by atoms with Crippen molar-refractivity contribution in [2.24, 2.45) is 5.92 Å². The maximum atomic E-state index is 14.6. The molecule has 0 bridgehead atoms. The van der Waals surface area contributed by atoms with Crippen molar-refractivity contribution < 1.29 is 18.7 Å². The number of nitrogens with one attached hydrogen (secondary N) is 1. The lowest BCUT2D eigenvalue weighted by atomic mass is 10.0. The summed E-state index contributed by atoms with van der Waals surface area (Å²) in [5.41, 5.74) is 2.20. The van der Waals surface area contributed by atoms with Crippen molar-refractivity contribution in [3.8, 4) is 5.75 Å². The Labute approximate surface area is 220 Å². The molecule has 0 spiro atoms. The van der Waals surface area contributed by atoms with Gasteiger partial charge in [-0.3, -0.25) is 9.59 Å². The quantitative estimate of drug-likeness (QED) is 0.331. The second-order valence-electron chi connectivity index (χ2n) is 9.16. The Kier molecular flexibility index (Phi) is 10.1. The molecule has 0 unspecified atom stereocenters. The lowest BCUT2D eigenvalue weighted by Crippen LogP contribution is -2.52. The van der Waals surface area contributed by atoms with Gasteiger partial charge in [-0.05, 0) is 48.2 Å². The maximum Gasteiger partial charge on any atom is 0.261 e. The summed E-state index contributed by atoms with van der Waals surface area (Å²) in [6.45, 7) is 6.07. The number of amides is 2. The summed E-state index contributed by atoms with van der Waals surface area (Å²) in [6.07, 6.45) is 0.294. The molecule has 2 amide bonds. The Morgan fingerprint density at radius 2 is 1.72 bits per heavy atom. The van der Waals surface area contributed by atoms with Gasteiger partial charge in [0.2, 0.25) is 5.91 Å². The van der Waals surface area contributed by atoms with Gasteiger partial charge in [0.15, 0.2) is 6.61 Å². The maximum absolute atomic E-state index is 14.6. The molecular weight excluding hydrogens is 523 g/mol. The molecule has 5 nitrogen and oxygen atoms in total. The van der Waals surface area contributed by atoms with E-state index in [-0.39, 0.29) is 25.0 Å². The molecule has 0 radical (unpaired) electrons. The van der Waals surface area contributed by atoms with Crippen molar-refractivity contribution in [3.05, 3.63) is 99.8 Å². The summed E-state index contributed by atoms with van der Waals surface area (Å²) in [6, 6.07) is 20.4. The number of ether oxygens (including phenoxy) is 1. The van der Waals surface area contributed by atoms with E-state index in [1.807, 2.05) is 63.2 Å². The number of carbonyl (C=O) groups is 2. The van der Waals surface area contributed by atoms with Crippen LogP contribution in [0.3, 0.4) is 0 Å². The predicted octanol–water partition coefficient (Wildman–Crippen LogP) is 5.69. The molecule has 3 rings (SSSR count). The molecule has 0 saturated heterocycles. The van der Waals surface area contributed by atoms with E-state index in [0.717, 1.165) is 15.6 Å². The second kappa shape index (κ2) is 13.2. The molecule has 0 fully saturated rings. The van der Waals surface area contributed by atoms with E-state index in [1.165, 1.54) is 11.0 Å². The van der Waals surface area contributed by atoms with Crippen LogP contribution in [-0.2, 0) is 22.6 Å². The monoisotopic (exact) mass is 554 g/mol. The Hall–Kier alpha value is -3.19. The highest BCUT2D eigenvalue weighted by Crippen LogP contribution is 2.22. The van der Waals surface area contributed by atoms with Crippen LogP contribution in [0.4, 0.5) is 4.39 Å². The van der Waals surface area contributed by atoms with E-state index in [2.05, 4.69) is 21.2 Å². The van der Waals surface area contributed by atoms with Crippen LogP contribution in [0.1, 0.15) is 30.5 Å². The summed E-state index contributed by atoms with van der Waals surface area (Å²) in [4.78, 5) is 28.4. The zero-order valence-corrected chi connectivity index (χ0v) is 22.4. The highest BCUT2D eigenvalue weighted by molar-refractivity contribution is 9.10. The highest BCUT2D eigenvalue weighted by atomic mass is 79.9. The van der Waals surface area contributed by atoms with Gasteiger partial charge < -0.3 is 15.0 Å². The number of hydrogen-bond acceptors (Lipinski definition) is 3. The Morgan fingerprint density at radius 1 is 1.03 bits per heavy atom. The molecule has 0 aliphatic carbocycles. The van der Waals surface area contributed by atoms with Gasteiger partial charge in [-0.2, -0.15) is 0 Å². The Morgan fingerprint density at radius 3 is 2.39 bits per heavy atom. The van der Waals surface area contributed by atoms with E-state index in [4.69, 9.17) is 4.74 Å². The molecule has 190 valence electrons. The molecule has 1 N–H and O–H groups in total. The first-order valence-corrected chi connectivity index (χ1v) is 12.8. The number of rotatable bonds is 11. The summed E-state index contributed by atoms with van der Waals surface area (Å²) < 4.78 is 21.3. The topological polar surface area (TPSA) is 58.6 Å². The Balaban J connectivity index is 1.91. The second-order valence-corrected chi connectivity index (χ2v) is 10.0. The van der Waals surface area contributed by atoms with Crippen LogP contribution in [-0.4, -0.2) is 35.9 Å². The van der Waals surface area contributed by atoms with Crippen molar-refractivity contribution in [1.82, 2.24) is 10.2 Å².